The number of nitrogens with one attached hydrogen (secondary N) is 1. The minimum Gasteiger partial charge on any atom is -0.399 e. The summed E-state index contributed by atoms with van der Waals surface area (Å²) in [6, 6.07) is 3.32. The Balaban J connectivity index is 2.75. The first-order valence-electron chi connectivity index (χ1n) is 6.75. The van der Waals surface area contributed by atoms with Gasteiger partial charge < -0.3 is 10.8 Å². The number of sulfonamides is 1. The second kappa shape index (κ2) is 7.06. The molecule has 1 unspecified atom stereocenters. The number of anilines is 1. The highest BCUT2D eigenvalue weighted by molar-refractivity contribution is 7.89. The van der Waals surface area contributed by atoms with E-state index in [1.165, 1.54) is 0 Å². The molecule has 0 heterocycles. The van der Waals surface area contributed by atoms with Crippen molar-refractivity contribution in [2.45, 2.75) is 38.5 Å². The number of aliphatic hydroxyl groups excluding tert-OH is 1. The van der Waals surface area contributed by atoms with E-state index in [1.54, 1.807) is 26.0 Å². The third-order valence-electron chi connectivity index (χ3n) is 3.23. The van der Waals surface area contributed by atoms with Gasteiger partial charge in [-0.1, -0.05) is 6.92 Å². The molecule has 0 amide bonds. The van der Waals surface area contributed by atoms with Crippen LogP contribution in [0.15, 0.2) is 17.0 Å². The summed E-state index contributed by atoms with van der Waals surface area (Å²) in [5.41, 5.74) is 7.57. The largest absolute Gasteiger partial charge is 0.399 e. The van der Waals surface area contributed by atoms with Crippen molar-refractivity contribution in [2.75, 3.05) is 18.9 Å². The molecule has 6 heteroatoms. The zero-order chi connectivity index (χ0) is 15.3. The van der Waals surface area contributed by atoms with Crippen molar-refractivity contribution in [3.63, 3.8) is 0 Å². The van der Waals surface area contributed by atoms with E-state index in [0.717, 1.165) is 6.42 Å². The fourth-order valence-corrected chi connectivity index (χ4v) is 3.75. The number of aliphatic hydroxyl groups is 1. The molecule has 4 N–H and O–H groups in total. The molecular formula is C14H24N2O3S. The van der Waals surface area contributed by atoms with Crippen molar-refractivity contribution in [3.8, 4) is 0 Å². The van der Waals surface area contributed by atoms with E-state index >= 15 is 0 Å². The molecule has 0 saturated heterocycles. The Morgan fingerprint density at radius 1 is 1.30 bits per heavy atom. The van der Waals surface area contributed by atoms with Gasteiger partial charge in [0, 0.05) is 18.8 Å². The molecule has 1 rings (SSSR count). The van der Waals surface area contributed by atoms with Crippen LogP contribution >= 0.6 is 0 Å². The van der Waals surface area contributed by atoms with Crippen molar-refractivity contribution in [3.05, 3.63) is 23.3 Å². The van der Waals surface area contributed by atoms with E-state index in [0.29, 0.717) is 34.7 Å². The molecule has 1 aromatic carbocycles. The summed E-state index contributed by atoms with van der Waals surface area (Å²) < 4.78 is 27.2. The summed E-state index contributed by atoms with van der Waals surface area (Å²) in [7, 11) is -3.51. The molecule has 1 aromatic rings. The lowest BCUT2D eigenvalue weighted by Crippen LogP contribution is -2.26. The molecule has 20 heavy (non-hydrogen) atoms. The predicted molar refractivity (Wildman–Crippen MR) is 81.0 cm³/mol. The third-order valence-corrected chi connectivity index (χ3v) is 4.99. The zero-order valence-corrected chi connectivity index (χ0v) is 13.1. The number of nitrogen functional groups attached to an aromatic ring is 1. The molecule has 5 nitrogen and oxygen atoms in total. The minimum atomic E-state index is -3.51. The average Bonchev–Trinajstić information content (AvgIpc) is 2.32. The van der Waals surface area contributed by atoms with Crippen LogP contribution in [0.5, 0.6) is 0 Å². The molecule has 1 atom stereocenters. The van der Waals surface area contributed by atoms with Crippen LogP contribution in [0, 0.1) is 19.8 Å². The first-order valence-corrected chi connectivity index (χ1v) is 8.23. The average molecular weight is 300 g/mol. The first-order chi connectivity index (χ1) is 9.27. The van der Waals surface area contributed by atoms with Gasteiger partial charge >= 0.3 is 0 Å². The van der Waals surface area contributed by atoms with Gasteiger partial charge in [0.05, 0.1) is 4.90 Å². The Bertz CT molecular complexity index is 533. The Kier molecular flexibility index (Phi) is 5.98. The molecule has 0 aromatic heterocycles. The first kappa shape index (κ1) is 16.9. The van der Waals surface area contributed by atoms with Crippen LogP contribution in [0.3, 0.4) is 0 Å². The molecule has 0 radical (unpaired) electrons. The number of nitrogens with two attached hydrogens (primary N) is 1. The number of aryl methyl sites for hydroxylation is 2. The lowest BCUT2D eigenvalue weighted by atomic mass is 10.1. The highest BCUT2D eigenvalue weighted by Crippen LogP contribution is 2.22. The van der Waals surface area contributed by atoms with Gasteiger partial charge in [0.1, 0.15) is 0 Å². The van der Waals surface area contributed by atoms with Gasteiger partial charge in [-0.2, -0.15) is 0 Å². The summed E-state index contributed by atoms with van der Waals surface area (Å²) in [6.07, 6.45) is 1.49. The highest BCUT2D eigenvalue weighted by Gasteiger charge is 2.19. The lowest BCUT2D eigenvalue weighted by Gasteiger charge is -2.13. The van der Waals surface area contributed by atoms with Crippen LogP contribution in [0.1, 0.15) is 30.9 Å². The molecule has 0 aliphatic rings. The monoisotopic (exact) mass is 300 g/mol. The SMILES string of the molecule is Cc1cc(N)cc(C)c1S(=O)(=O)NCCCC(C)CO. The number of rotatable bonds is 7. The van der Waals surface area contributed by atoms with E-state index < -0.39 is 10.0 Å². The molecule has 0 aliphatic carbocycles. The summed E-state index contributed by atoms with van der Waals surface area (Å²) >= 11 is 0. The molecule has 0 saturated carbocycles. The standard InChI is InChI=1S/C14H24N2O3S/c1-10(9-17)5-4-6-16-20(18,19)14-11(2)7-13(15)8-12(14)3/h7-8,10,16-17H,4-6,9,15H2,1-3H3. The van der Waals surface area contributed by atoms with Crippen molar-refractivity contribution in [1.82, 2.24) is 4.72 Å². The van der Waals surface area contributed by atoms with Crippen LogP contribution in [-0.2, 0) is 10.0 Å². The van der Waals surface area contributed by atoms with Gasteiger partial charge in [0.15, 0.2) is 0 Å². The quantitative estimate of drug-likeness (QED) is 0.526. The van der Waals surface area contributed by atoms with E-state index in [4.69, 9.17) is 10.8 Å². The van der Waals surface area contributed by atoms with Gasteiger partial charge in [-0.3, -0.25) is 0 Å². The lowest BCUT2D eigenvalue weighted by molar-refractivity contribution is 0.228. The van der Waals surface area contributed by atoms with E-state index in [-0.39, 0.29) is 12.5 Å². The zero-order valence-electron chi connectivity index (χ0n) is 12.3. The second-order valence-corrected chi connectivity index (χ2v) is 7.02. The fraction of sp³-hybridized carbons (Fsp3) is 0.571. The summed E-state index contributed by atoms with van der Waals surface area (Å²) in [4.78, 5) is 0.307. The number of benzene rings is 1. The second-order valence-electron chi connectivity index (χ2n) is 5.31. The maximum Gasteiger partial charge on any atom is 0.241 e. The highest BCUT2D eigenvalue weighted by atomic mass is 32.2. The molecule has 0 fully saturated rings. The Hall–Kier alpha value is -1.11. The van der Waals surface area contributed by atoms with Crippen molar-refractivity contribution in [1.29, 1.82) is 0 Å². The smallest absolute Gasteiger partial charge is 0.241 e. The Labute approximate surface area is 121 Å². The molecule has 0 spiro atoms. The maximum absolute atomic E-state index is 12.3. The van der Waals surface area contributed by atoms with Crippen LogP contribution in [-0.4, -0.2) is 26.7 Å². The van der Waals surface area contributed by atoms with Crippen molar-refractivity contribution in [2.24, 2.45) is 5.92 Å². The normalized spacial score (nSPS) is 13.4. The van der Waals surface area contributed by atoms with Gasteiger partial charge in [0.25, 0.3) is 0 Å². The minimum absolute atomic E-state index is 0.128. The van der Waals surface area contributed by atoms with Gasteiger partial charge in [-0.25, -0.2) is 13.1 Å². The number of hydrogen-bond acceptors (Lipinski definition) is 4. The van der Waals surface area contributed by atoms with Crippen molar-refractivity contribution >= 4 is 15.7 Å². The Morgan fingerprint density at radius 3 is 2.35 bits per heavy atom. The van der Waals surface area contributed by atoms with Crippen molar-refractivity contribution < 1.29 is 13.5 Å². The predicted octanol–water partition coefficient (Wildman–Crippen LogP) is 1.57. The maximum atomic E-state index is 12.3. The summed E-state index contributed by atoms with van der Waals surface area (Å²) in [6.45, 7) is 5.92. The van der Waals surface area contributed by atoms with Crippen LogP contribution in [0.25, 0.3) is 0 Å². The summed E-state index contributed by atoms with van der Waals surface area (Å²) in [5.74, 6) is 0.194. The molecule has 0 aliphatic heterocycles. The number of hydrogen-bond donors (Lipinski definition) is 3. The van der Waals surface area contributed by atoms with Gasteiger partial charge in [-0.15, -0.1) is 0 Å². The third kappa shape index (κ3) is 4.47. The van der Waals surface area contributed by atoms with E-state index in [1.807, 2.05) is 6.92 Å². The Morgan fingerprint density at radius 2 is 1.85 bits per heavy atom. The van der Waals surface area contributed by atoms with Crippen LogP contribution < -0.4 is 10.5 Å². The molecule has 0 bridgehead atoms. The summed E-state index contributed by atoms with van der Waals surface area (Å²) in [5, 5.41) is 8.92. The molecular weight excluding hydrogens is 276 g/mol. The van der Waals surface area contributed by atoms with E-state index in [9.17, 15) is 8.42 Å². The van der Waals surface area contributed by atoms with E-state index in [2.05, 4.69) is 4.72 Å². The van der Waals surface area contributed by atoms with Crippen LogP contribution in [0.4, 0.5) is 5.69 Å². The van der Waals surface area contributed by atoms with Crippen LogP contribution in [0.2, 0.25) is 0 Å². The molecule has 114 valence electrons. The van der Waals surface area contributed by atoms with Gasteiger partial charge in [0.2, 0.25) is 10.0 Å². The topological polar surface area (TPSA) is 92.4 Å². The fourth-order valence-electron chi connectivity index (χ4n) is 2.23. The van der Waals surface area contributed by atoms with Gasteiger partial charge in [-0.05, 0) is 55.9 Å².